The lowest BCUT2D eigenvalue weighted by Gasteiger charge is -2.09. The van der Waals surface area contributed by atoms with Crippen LogP contribution in [0, 0.1) is 0 Å². The first-order valence-corrected chi connectivity index (χ1v) is 13.4. The van der Waals surface area contributed by atoms with Gasteiger partial charge in [-0.15, -0.1) is 0 Å². The maximum atomic E-state index is 12.3. The largest absolute Gasteiger partial charge is 0.457 e. The Balaban J connectivity index is 1.11. The van der Waals surface area contributed by atoms with Gasteiger partial charge in [-0.1, -0.05) is 97.1 Å². The standard InChI is InChI=1S/C36H30N2O4/c37-32-21-31(22-33(38)23-32)36(40)42-24-41-34-17-15-29(16-18-34)28-13-10-27(11-14-28)20-26-8-6-25(7-9-26)12-19-35(39)30-4-2-1-3-5-30/h1-19,21-23H,20,24,37-38H2/b19-12+. The Kier molecular flexibility index (Phi) is 8.75. The van der Waals surface area contributed by atoms with E-state index in [1.54, 1.807) is 12.1 Å². The lowest BCUT2D eigenvalue weighted by Crippen LogP contribution is -2.11. The summed E-state index contributed by atoms with van der Waals surface area (Å²) in [4.78, 5) is 24.5. The molecule has 0 spiro atoms. The van der Waals surface area contributed by atoms with Crippen molar-refractivity contribution in [3.05, 3.63) is 155 Å². The van der Waals surface area contributed by atoms with Crippen LogP contribution >= 0.6 is 0 Å². The van der Waals surface area contributed by atoms with E-state index in [-0.39, 0.29) is 18.1 Å². The van der Waals surface area contributed by atoms with Crippen LogP contribution in [0.25, 0.3) is 17.2 Å². The molecule has 4 N–H and O–H groups in total. The van der Waals surface area contributed by atoms with E-state index in [9.17, 15) is 9.59 Å². The lowest BCUT2D eigenvalue weighted by atomic mass is 9.99. The molecule has 5 aromatic carbocycles. The van der Waals surface area contributed by atoms with Crippen LogP contribution in [0.5, 0.6) is 5.75 Å². The number of allylic oxidation sites excluding steroid dienone is 1. The van der Waals surface area contributed by atoms with Crippen molar-refractivity contribution in [3.63, 3.8) is 0 Å². The molecule has 208 valence electrons. The van der Waals surface area contributed by atoms with Crippen LogP contribution in [0.4, 0.5) is 11.4 Å². The number of hydrogen-bond acceptors (Lipinski definition) is 6. The van der Waals surface area contributed by atoms with Crippen molar-refractivity contribution in [2.24, 2.45) is 0 Å². The predicted molar refractivity (Wildman–Crippen MR) is 167 cm³/mol. The zero-order valence-electron chi connectivity index (χ0n) is 22.9. The van der Waals surface area contributed by atoms with Crippen molar-refractivity contribution in [2.75, 3.05) is 18.3 Å². The van der Waals surface area contributed by atoms with Gasteiger partial charge in [0.05, 0.1) is 5.56 Å². The molecular formula is C36H30N2O4. The highest BCUT2D eigenvalue weighted by Gasteiger charge is 2.09. The molecule has 5 rings (SSSR count). The van der Waals surface area contributed by atoms with Crippen LogP contribution in [0.1, 0.15) is 37.4 Å². The Labute approximate surface area is 244 Å². The molecule has 0 aliphatic rings. The molecule has 0 aromatic heterocycles. The number of esters is 1. The van der Waals surface area contributed by atoms with Crippen LogP contribution in [0.3, 0.4) is 0 Å². The van der Waals surface area contributed by atoms with Gasteiger partial charge < -0.3 is 20.9 Å². The van der Waals surface area contributed by atoms with Crippen LogP contribution in [-0.2, 0) is 11.2 Å². The molecule has 0 saturated heterocycles. The summed E-state index contributed by atoms with van der Waals surface area (Å²) in [5.74, 6) is 0.00989. The van der Waals surface area contributed by atoms with E-state index in [0.717, 1.165) is 23.1 Å². The van der Waals surface area contributed by atoms with Gasteiger partial charge in [0.15, 0.2) is 5.78 Å². The smallest absolute Gasteiger partial charge is 0.341 e. The van der Waals surface area contributed by atoms with Gasteiger partial charge in [0.25, 0.3) is 0 Å². The number of ketones is 1. The van der Waals surface area contributed by atoms with Crippen molar-refractivity contribution in [2.45, 2.75) is 6.42 Å². The molecule has 6 nitrogen and oxygen atoms in total. The molecule has 0 aliphatic carbocycles. The fourth-order valence-corrected chi connectivity index (χ4v) is 4.44. The van der Waals surface area contributed by atoms with Gasteiger partial charge in [-0.2, -0.15) is 0 Å². The molecule has 5 aromatic rings. The Bertz CT molecular complexity index is 1670. The van der Waals surface area contributed by atoms with Crippen molar-refractivity contribution >= 4 is 29.2 Å². The zero-order chi connectivity index (χ0) is 29.3. The van der Waals surface area contributed by atoms with Crippen molar-refractivity contribution in [1.82, 2.24) is 0 Å². The summed E-state index contributed by atoms with van der Waals surface area (Å²) in [5, 5.41) is 0. The maximum absolute atomic E-state index is 12.3. The quantitative estimate of drug-likeness (QED) is 0.0622. The Morgan fingerprint density at radius 3 is 1.83 bits per heavy atom. The number of ether oxygens (including phenoxy) is 2. The van der Waals surface area contributed by atoms with E-state index in [1.807, 2.05) is 72.8 Å². The highest BCUT2D eigenvalue weighted by Crippen LogP contribution is 2.24. The summed E-state index contributed by atoms with van der Waals surface area (Å²) in [6.45, 7) is -0.231. The maximum Gasteiger partial charge on any atom is 0.341 e. The van der Waals surface area contributed by atoms with Gasteiger partial charge in [-0.3, -0.25) is 4.79 Å². The molecule has 0 aliphatic heterocycles. The highest BCUT2D eigenvalue weighted by atomic mass is 16.7. The zero-order valence-corrected chi connectivity index (χ0v) is 22.9. The molecule has 0 heterocycles. The molecule has 0 bridgehead atoms. The Morgan fingerprint density at radius 1 is 0.643 bits per heavy atom. The molecule has 0 radical (unpaired) electrons. The van der Waals surface area contributed by atoms with Crippen LogP contribution in [0.2, 0.25) is 0 Å². The van der Waals surface area contributed by atoms with E-state index in [2.05, 4.69) is 36.4 Å². The summed E-state index contributed by atoms with van der Waals surface area (Å²) >= 11 is 0. The first kappa shape index (κ1) is 27.9. The van der Waals surface area contributed by atoms with Gasteiger partial charge in [0.2, 0.25) is 6.79 Å². The van der Waals surface area contributed by atoms with Crippen LogP contribution < -0.4 is 16.2 Å². The molecule has 0 amide bonds. The minimum absolute atomic E-state index is 0.0103. The lowest BCUT2D eigenvalue weighted by molar-refractivity contribution is 0.0154. The number of benzene rings is 5. The minimum Gasteiger partial charge on any atom is -0.457 e. The third-order valence-corrected chi connectivity index (χ3v) is 6.64. The predicted octanol–water partition coefficient (Wildman–Crippen LogP) is 7.20. The fourth-order valence-electron chi connectivity index (χ4n) is 4.44. The summed E-state index contributed by atoms with van der Waals surface area (Å²) in [5.41, 5.74) is 18.7. The Hall–Kier alpha value is -5.62. The van der Waals surface area contributed by atoms with Gasteiger partial charge in [-0.05, 0) is 70.6 Å². The highest BCUT2D eigenvalue weighted by molar-refractivity contribution is 6.06. The molecular weight excluding hydrogens is 524 g/mol. The van der Waals surface area contributed by atoms with Gasteiger partial charge >= 0.3 is 5.97 Å². The molecule has 0 unspecified atom stereocenters. The number of anilines is 2. The second-order valence-corrected chi connectivity index (χ2v) is 9.79. The molecule has 0 saturated carbocycles. The van der Waals surface area contributed by atoms with Crippen molar-refractivity contribution in [1.29, 1.82) is 0 Å². The second kappa shape index (κ2) is 13.2. The van der Waals surface area contributed by atoms with Gasteiger partial charge in [0.1, 0.15) is 5.75 Å². The number of rotatable bonds is 10. The summed E-state index contributed by atoms with van der Waals surface area (Å²) in [6.07, 6.45) is 4.26. The van der Waals surface area contributed by atoms with Crippen molar-refractivity contribution < 1.29 is 19.1 Å². The van der Waals surface area contributed by atoms with Crippen LogP contribution in [0.15, 0.2) is 127 Å². The third kappa shape index (κ3) is 7.52. The topological polar surface area (TPSA) is 105 Å². The van der Waals surface area contributed by atoms with Crippen LogP contribution in [-0.4, -0.2) is 18.5 Å². The molecule has 0 atom stereocenters. The van der Waals surface area contributed by atoms with E-state index < -0.39 is 5.97 Å². The Morgan fingerprint density at radius 2 is 1.21 bits per heavy atom. The monoisotopic (exact) mass is 554 g/mol. The number of carbonyl (C=O) groups excluding carboxylic acids is 2. The second-order valence-electron chi connectivity index (χ2n) is 9.79. The average Bonchev–Trinajstić information content (AvgIpc) is 3.01. The number of nitrogen functional groups attached to an aromatic ring is 2. The van der Waals surface area contributed by atoms with E-state index >= 15 is 0 Å². The fraction of sp³-hybridized carbons (Fsp3) is 0.0556. The van der Waals surface area contributed by atoms with Gasteiger partial charge in [0, 0.05) is 16.9 Å². The average molecular weight is 555 g/mol. The minimum atomic E-state index is -0.561. The number of hydrogen-bond donors (Lipinski definition) is 2. The van der Waals surface area contributed by atoms with Crippen molar-refractivity contribution in [3.8, 4) is 16.9 Å². The van der Waals surface area contributed by atoms with Gasteiger partial charge in [-0.25, -0.2) is 4.79 Å². The van der Waals surface area contributed by atoms with E-state index in [4.69, 9.17) is 20.9 Å². The third-order valence-electron chi connectivity index (χ3n) is 6.64. The first-order chi connectivity index (χ1) is 20.4. The molecule has 42 heavy (non-hydrogen) atoms. The summed E-state index contributed by atoms with van der Waals surface area (Å²) in [6, 6.07) is 38.0. The van der Waals surface area contributed by atoms with E-state index in [1.165, 1.54) is 23.3 Å². The van der Waals surface area contributed by atoms with E-state index in [0.29, 0.717) is 22.7 Å². The normalized spacial score (nSPS) is 10.9. The summed E-state index contributed by atoms with van der Waals surface area (Å²) in [7, 11) is 0. The summed E-state index contributed by atoms with van der Waals surface area (Å²) < 4.78 is 10.7. The molecule has 0 fully saturated rings. The number of carbonyl (C=O) groups is 2. The number of nitrogens with two attached hydrogens (primary N) is 2. The molecule has 6 heteroatoms. The SMILES string of the molecule is Nc1cc(N)cc(C(=O)OCOc2ccc(-c3ccc(Cc4ccc(/C=C/C(=O)c5ccccc5)cc4)cc3)cc2)c1. The first-order valence-electron chi connectivity index (χ1n) is 13.4.